The summed E-state index contributed by atoms with van der Waals surface area (Å²) in [7, 11) is 0. The minimum absolute atomic E-state index is 0.0215. The van der Waals surface area contributed by atoms with Crippen LogP contribution >= 0.6 is 0 Å². The number of aromatic nitrogens is 4. The van der Waals surface area contributed by atoms with Crippen molar-refractivity contribution in [2.75, 3.05) is 39.3 Å². The number of carbonyl (C=O) groups is 2. The van der Waals surface area contributed by atoms with Crippen molar-refractivity contribution in [3.05, 3.63) is 83.4 Å². The molecule has 0 atom stereocenters. The highest BCUT2D eigenvalue weighted by atomic mass is 19.1. The summed E-state index contributed by atoms with van der Waals surface area (Å²) in [6, 6.07) is 10.2. The fraction of sp³-hybridized carbons (Fsp3) is 0.394. The number of ketones is 2. The van der Waals surface area contributed by atoms with E-state index in [1.807, 2.05) is 0 Å². The lowest BCUT2D eigenvalue weighted by Crippen LogP contribution is -2.34. The molecule has 4 heterocycles. The van der Waals surface area contributed by atoms with Crippen LogP contribution in [0.1, 0.15) is 65.1 Å². The van der Waals surface area contributed by atoms with E-state index in [2.05, 4.69) is 20.0 Å². The minimum Gasteiger partial charge on any atom is -0.296 e. The van der Waals surface area contributed by atoms with Gasteiger partial charge >= 0.3 is 0 Å². The number of hydrogen-bond donors (Lipinski definition) is 0. The van der Waals surface area contributed by atoms with Crippen LogP contribution in [0.15, 0.2) is 54.9 Å². The largest absolute Gasteiger partial charge is 0.296 e. The molecular formula is C33H36F2N6O2. The molecule has 0 N–H and O–H groups in total. The molecule has 4 aromatic rings. The second-order valence-electron chi connectivity index (χ2n) is 11.5. The van der Waals surface area contributed by atoms with E-state index in [1.165, 1.54) is 41.9 Å². The molecule has 2 aliphatic heterocycles. The fourth-order valence-electron chi connectivity index (χ4n) is 6.12. The molecule has 0 radical (unpaired) electrons. The predicted molar refractivity (Wildman–Crippen MR) is 160 cm³/mol. The van der Waals surface area contributed by atoms with Gasteiger partial charge in [-0.3, -0.25) is 19.4 Å². The average molecular weight is 587 g/mol. The predicted octanol–water partition coefficient (Wildman–Crippen LogP) is 5.65. The first-order valence-corrected chi connectivity index (χ1v) is 15.1. The Hall–Kier alpha value is -4.02. The first-order chi connectivity index (χ1) is 20.9. The van der Waals surface area contributed by atoms with E-state index in [0.29, 0.717) is 41.4 Å². The average Bonchev–Trinajstić information content (AvgIpc) is 3.66. The number of piperidine rings is 2. The third-order valence-electron chi connectivity index (χ3n) is 8.51. The van der Waals surface area contributed by atoms with Crippen molar-refractivity contribution in [1.29, 1.82) is 0 Å². The van der Waals surface area contributed by atoms with Crippen LogP contribution in [-0.2, 0) is 0 Å². The van der Waals surface area contributed by atoms with Crippen LogP contribution in [0, 0.1) is 18.6 Å². The van der Waals surface area contributed by atoms with Crippen molar-refractivity contribution in [2.45, 2.75) is 45.4 Å². The molecule has 43 heavy (non-hydrogen) atoms. The van der Waals surface area contributed by atoms with Crippen molar-refractivity contribution >= 4 is 11.6 Å². The Morgan fingerprint density at radius 1 is 0.791 bits per heavy atom. The second-order valence-corrected chi connectivity index (χ2v) is 11.5. The van der Waals surface area contributed by atoms with Gasteiger partial charge in [0.2, 0.25) is 0 Å². The number of Topliss-reactive ketones (excluding diaryl/α,β-unsaturated/α-hetero) is 2. The zero-order chi connectivity index (χ0) is 29.9. The van der Waals surface area contributed by atoms with Crippen LogP contribution in [0.4, 0.5) is 8.78 Å². The maximum atomic E-state index is 15.4. The highest BCUT2D eigenvalue weighted by Crippen LogP contribution is 2.32. The maximum Gasteiger partial charge on any atom is 0.196 e. The number of nitrogens with zero attached hydrogens (tertiary/aromatic N) is 6. The molecule has 0 amide bonds. The Labute approximate surface area is 249 Å². The van der Waals surface area contributed by atoms with E-state index in [4.69, 9.17) is 0 Å². The third-order valence-corrected chi connectivity index (χ3v) is 8.51. The van der Waals surface area contributed by atoms with Crippen LogP contribution in [0.3, 0.4) is 0 Å². The molecule has 2 saturated heterocycles. The standard InChI is InChI=1S/C33H36F2N6O2/c1-23-28(32(42)21-38-13-4-2-5-14-38)20-36-41(23)31-11-8-24(34)18-27(31)26-19-25(9-10-29(26)35)40-17-12-30(37-40)33(43)22-39-15-6-3-7-16-39/h8-12,17-20H,2-7,13-16,21-22H2,1H3. The molecule has 0 bridgehead atoms. The van der Waals surface area contributed by atoms with Crippen molar-refractivity contribution in [3.8, 4) is 22.5 Å². The summed E-state index contributed by atoms with van der Waals surface area (Å²) in [5.41, 5.74) is 2.86. The number of hydrogen-bond acceptors (Lipinski definition) is 6. The lowest BCUT2D eigenvalue weighted by atomic mass is 10.0. The topological polar surface area (TPSA) is 76.3 Å². The van der Waals surface area contributed by atoms with Crippen LogP contribution < -0.4 is 0 Å². The first kappa shape index (κ1) is 29.1. The summed E-state index contributed by atoms with van der Waals surface area (Å²) in [5.74, 6) is -1.16. The van der Waals surface area contributed by atoms with E-state index < -0.39 is 11.6 Å². The second kappa shape index (κ2) is 12.7. The van der Waals surface area contributed by atoms with Gasteiger partial charge in [0.05, 0.1) is 41.9 Å². The van der Waals surface area contributed by atoms with Gasteiger partial charge in [0.15, 0.2) is 11.6 Å². The van der Waals surface area contributed by atoms with Crippen LogP contribution in [0.2, 0.25) is 0 Å². The SMILES string of the molecule is Cc1c(C(=O)CN2CCCCC2)cnn1-c1ccc(F)cc1-c1cc(-n2ccc(C(=O)CN3CCCCC3)n2)ccc1F. The van der Waals surface area contributed by atoms with E-state index in [-0.39, 0.29) is 22.7 Å². The zero-order valence-electron chi connectivity index (χ0n) is 24.4. The van der Waals surface area contributed by atoms with Gasteiger partial charge in [-0.05, 0) is 101 Å². The number of halogens is 2. The van der Waals surface area contributed by atoms with Gasteiger partial charge < -0.3 is 0 Å². The Bertz CT molecular complexity index is 1630. The molecule has 0 unspecified atom stereocenters. The molecule has 2 aromatic carbocycles. The van der Waals surface area contributed by atoms with E-state index >= 15 is 4.39 Å². The first-order valence-electron chi connectivity index (χ1n) is 15.1. The minimum atomic E-state index is -0.546. The van der Waals surface area contributed by atoms with E-state index in [0.717, 1.165) is 51.9 Å². The molecule has 0 aliphatic carbocycles. The monoisotopic (exact) mass is 586 g/mol. The Balaban J connectivity index is 1.29. The van der Waals surface area contributed by atoms with Crippen LogP contribution in [0.5, 0.6) is 0 Å². The van der Waals surface area contributed by atoms with Crippen molar-refractivity contribution in [1.82, 2.24) is 29.4 Å². The molecule has 224 valence electrons. The zero-order valence-corrected chi connectivity index (χ0v) is 24.4. The summed E-state index contributed by atoms with van der Waals surface area (Å²) in [6.07, 6.45) is 9.95. The molecule has 0 spiro atoms. The molecule has 2 aromatic heterocycles. The smallest absolute Gasteiger partial charge is 0.196 e. The maximum absolute atomic E-state index is 15.4. The lowest BCUT2D eigenvalue weighted by Gasteiger charge is -2.25. The molecule has 6 rings (SSSR count). The third kappa shape index (κ3) is 6.35. The number of carbonyl (C=O) groups excluding carboxylic acids is 2. The highest BCUT2D eigenvalue weighted by Gasteiger charge is 2.22. The van der Waals surface area contributed by atoms with E-state index in [1.54, 1.807) is 42.1 Å². The van der Waals surface area contributed by atoms with Gasteiger partial charge in [0.25, 0.3) is 0 Å². The molecule has 0 saturated carbocycles. The van der Waals surface area contributed by atoms with E-state index in [9.17, 15) is 14.0 Å². The Morgan fingerprint density at radius 2 is 1.47 bits per heavy atom. The van der Waals surface area contributed by atoms with Crippen molar-refractivity contribution in [2.24, 2.45) is 0 Å². The van der Waals surface area contributed by atoms with Gasteiger partial charge in [-0.15, -0.1) is 0 Å². The highest BCUT2D eigenvalue weighted by molar-refractivity contribution is 5.98. The number of benzene rings is 2. The van der Waals surface area contributed by atoms with Gasteiger partial charge in [0, 0.05) is 17.3 Å². The normalized spacial score (nSPS) is 16.4. The summed E-state index contributed by atoms with van der Waals surface area (Å²) < 4.78 is 33.1. The van der Waals surface area contributed by atoms with Crippen molar-refractivity contribution < 1.29 is 18.4 Å². The number of rotatable bonds is 9. The van der Waals surface area contributed by atoms with Crippen LogP contribution in [-0.4, -0.2) is 80.2 Å². The summed E-state index contributed by atoms with van der Waals surface area (Å²) in [5, 5.41) is 8.95. The quantitative estimate of drug-likeness (QED) is 0.236. The van der Waals surface area contributed by atoms with Crippen molar-refractivity contribution in [3.63, 3.8) is 0 Å². The lowest BCUT2D eigenvalue weighted by molar-refractivity contribution is 0.0905. The molecule has 2 aliphatic rings. The van der Waals surface area contributed by atoms with Gasteiger partial charge in [-0.1, -0.05) is 12.8 Å². The number of likely N-dealkylation sites (tertiary alicyclic amines) is 2. The summed E-state index contributed by atoms with van der Waals surface area (Å²) in [6.45, 7) is 6.07. The Morgan fingerprint density at radius 3 is 2.16 bits per heavy atom. The molecule has 10 heteroatoms. The summed E-state index contributed by atoms with van der Waals surface area (Å²) in [4.78, 5) is 30.3. The fourth-order valence-corrected chi connectivity index (χ4v) is 6.12. The Kier molecular flexibility index (Phi) is 8.58. The molecule has 8 nitrogen and oxygen atoms in total. The summed E-state index contributed by atoms with van der Waals surface area (Å²) >= 11 is 0. The molecule has 2 fully saturated rings. The van der Waals surface area contributed by atoms with Gasteiger partial charge in [-0.2, -0.15) is 10.2 Å². The van der Waals surface area contributed by atoms with Gasteiger partial charge in [-0.25, -0.2) is 18.1 Å². The van der Waals surface area contributed by atoms with Crippen LogP contribution in [0.25, 0.3) is 22.5 Å². The van der Waals surface area contributed by atoms with Gasteiger partial charge in [0.1, 0.15) is 17.3 Å². The molecular weight excluding hydrogens is 550 g/mol.